The molecule has 2 aromatic rings. The summed E-state index contributed by atoms with van der Waals surface area (Å²) >= 11 is 0. The third-order valence-electron chi connectivity index (χ3n) is 2.80. The number of rotatable bonds is 6. The zero-order chi connectivity index (χ0) is 14.4. The number of ether oxygens (including phenoxy) is 1. The summed E-state index contributed by atoms with van der Waals surface area (Å²) in [7, 11) is 0. The molecule has 0 unspecified atom stereocenters. The molecule has 4 nitrogen and oxygen atoms in total. The first kappa shape index (κ1) is 14.5. The number of aryl methyl sites for hydroxylation is 1. The zero-order valence-corrected chi connectivity index (χ0v) is 12.3. The van der Waals surface area contributed by atoms with E-state index in [1.54, 1.807) is 0 Å². The molecular formula is C16H21N3O. The van der Waals surface area contributed by atoms with Gasteiger partial charge in [-0.25, -0.2) is 0 Å². The predicted molar refractivity (Wildman–Crippen MR) is 79.8 cm³/mol. The van der Waals surface area contributed by atoms with Gasteiger partial charge >= 0.3 is 0 Å². The van der Waals surface area contributed by atoms with Crippen LogP contribution in [-0.4, -0.2) is 16.7 Å². The Morgan fingerprint density at radius 3 is 2.40 bits per heavy atom. The average molecular weight is 271 g/mol. The number of benzene rings is 1. The fraction of sp³-hybridized carbons (Fsp3) is 0.375. The number of aromatic nitrogens is 2. The molecule has 0 aliphatic carbocycles. The Labute approximate surface area is 120 Å². The topological polar surface area (TPSA) is 47.0 Å². The summed E-state index contributed by atoms with van der Waals surface area (Å²) in [6.07, 6.45) is 0. The molecule has 1 aromatic heterocycles. The van der Waals surface area contributed by atoms with Crippen molar-refractivity contribution >= 4 is 0 Å². The highest BCUT2D eigenvalue weighted by atomic mass is 16.5. The van der Waals surface area contributed by atoms with E-state index in [1.807, 2.05) is 43.3 Å². The zero-order valence-electron chi connectivity index (χ0n) is 12.3. The predicted octanol–water partition coefficient (Wildman–Crippen LogP) is 3.32. The molecule has 2 rings (SSSR count). The first-order valence-corrected chi connectivity index (χ1v) is 6.91. The lowest BCUT2D eigenvalue weighted by Crippen LogP contribution is -2.19. The largest absolute Gasteiger partial charge is 0.438 e. The van der Waals surface area contributed by atoms with Gasteiger partial charge in [0.2, 0.25) is 5.88 Å². The van der Waals surface area contributed by atoms with E-state index in [1.165, 1.54) is 5.56 Å². The molecule has 20 heavy (non-hydrogen) atoms. The van der Waals surface area contributed by atoms with Crippen LogP contribution in [0.1, 0.15) is 25.1 Å². The van der Waals surface area contributed by atoms with Crippen molar-refractivity contribution in [2.24, 2.45) is 5.92 Å². The first-order valence-electron chi connectivity index (χ1n) is 6.91. The van der Waals surface area contributed by atoms with Crippen molar-refractivity contribution in [3.63, 3.8) is 0 Å². The molecular weight excluding hydrogens is 250 g/mol. The van der Waals surface area contributed by atoms with E-state index in [2.05, 4.69) is 29.4 Å². The number of hydrogen-bond donors (Lipinski definition) is 1. The summed E-state index contributed by atoms with van der Waals surface area (Å²) in [5.41, 5.74) is 2.12. The maximum Gasteiger partial charge on any atom is 0.238 e. The highest BCUT2D eigenvalue weighted by Crippen LogP contribution is 2.18. The standard InChI is InChI=1S/C16H21N3O/c1-12(2)10-17-11-14-6-9-16(19-18-14)20-15-7-4-13(3)5-8-15/h4-9,12,17H,10-11H2,1-3H3. The van der Waals surface area contributed by atoms with Crippen molar-refractivity contribution in [2.45, 2.75) is 27.3 Å². The number of nitrogens with one attached hydrogen (secondary N) is 1. The Balaban J connectivity index is 1.89. The van der Waals surface area contributed by atoms with Crippen molar-refractivity contribution in [3.8, 4) is 11.6 Å². The third kappa shape index (κ3) is 4.63. The first-order chi connectivity index (χ1) is 9.63. The second-order valence-electron chi connectivity index (χ2n) is 5.30. The van der Waals surface area contributed by atoms with Crippen LogP contribution in [-0.2, 0) is 6.54 Å². The Morgan fingerprint density at radius 1 is 1.05 bits per heavy atom. The Bertz CT molecular complexity index is 520. The Kier molecular flexibility index (Phi) is 5.07. The van der Waals surface area contributed by atoms with Gasteiger partial charge in [0.25, 0.3) is 0 Å². The summed E-state index contributed by atoms with van der Waals surface area (Å²) in [5.74, 6) is 1.92. The van der Waals surface area contributed by atoms with Gasteiger partial charge in [-0.2, -0.15) is 5.10 Å². The fourth-order valence-electron chi connectivity index (χ4n) is 1.71. The second kappa shape index (κ2) is 7.01. The van der Waals surface area contributed by atoms with Crippen molar-refractivity contribution in [1.82, 2.24) is 15.5 Å². The minimum absolute atomic E-state index is 0.515. The van der Waals surface area contributed by atoms with Crippen LogP contribution in [0.15, 0.2) is 36.4 Å². The van der Waals surface area contributed by atoms with E-state index < -0.39 is 0 Å². The fourth-order valence-corrected chi connectivity index (χ4v) is 1.71. The molecule has 0 aliphatic heterocycles. The van der Waals surface area contributed by atoms with E-state index in [-0.39, 0.29) is 0 Å². The minimum Gasteiger partial charge on any atom is -0.438 e. The van der Waals surface area contributed by atoms with E-state index >= 15 is 0 Å². The van der Waals surface area contributed by atoms with Crippen LogP contribution in [0.3, 0.4) is 0 Å². The normalized spacial score (nSPS) is 10.8. The van der Waals surface area contributed by atoms with Crippen LogP contribution < -0.4 is 10.1 Å². The average Bonchev–Trinajstić information content (AvgIpc) is 2.43. The summed E-state index contributed by atoms with van der Waals surface area (Å²) in [4.78, 5) is 0. The van der Waals surface area contributed by atoms with Crippen LogP contribution in [0.4, 0.5) is 0 Å². The molecule has 0 atom stereocenters. The Hall–Kier alpha value is -1.94. The van der Waals surface area contributed by atoms with Crippen molar-refractivity contribution in [3.05, 3.63) is 47.7 Å². The molecule has 1 N–H and O–H groups in total. The van der Waals surface area contributed by atoms with Gasteiger partial charge in [-0.1, -0.05) is 31.5 Å². The van der Waals surface area contributed by atoms with Crippen molar-refractivity contribution in [2.75, 3.05) is 6.54 Å². The summed E-state index contributed by atoms with van der Waals surface area (Å²) < 4.78 is 5.64. The van der Waals surface area contributed by atoms with Crippen molar-refractivity contribution in [1.29, 1.82) is 0 Å². The molecule has 0 aliphatic rings. The third-order valence-corrected chi connectivity index (χ3v) is 2.80. The van der Waals surface area contributed by atoms with E-state index in [0.29, 0.717) is 11.8 Å². The van der Waals surface area contributed by atoms with Crippen LogP contribution in [0.2, 0.25) is 0 Å². The molecule has 106 valence electrons. The highest BCUT2D eigenvalue weighted by Gasteiger charge is 2.01. The van der Waals surface area contributed by atoms with Crippen molar-refractivity contribution < 1.29 is 4.74 Å². The molecule has 0 bridgehead atoms. The smallest absolute Gasteiger partial charge is 0.238 e. The van der Waals surface area contributed by atoms with Gasteiger partial charge in [0.05, 0.1) is 5.69 Å². The molecule has 0 saturated carbocycles. The van der Waals surface area contributed by atoms with Crippen LogP contribution in [0.25, 0.3) is 0 Å². The lowest BCUT2D eigenvalue weighted by molar-refractivity contribution is 0.452. The van der Waals surface area contributed by atoms with Gasteiger partial charge in [-0.05, 0) is 37.6 Å². The molecule has 0 saturated heterocycles. The highest BCUT2D eigenvalue weighted by molar-refractivity contribution is 5.29. The lowest BCUT2D eigenvalue weighted by Gasteiger charge is -2.07. The molecule has 1 heterocycles. The maximum atomic E-state index is 5.64. The Morgan fingerprint density at radius 2 is 1.80 bits per heavy atom. The van der Waals surface area contributed by atoms with Gasteiger partial charge in [0, 0.05) is 12.6 Å². The minimum atomic E-state index is 0.515. The van der Waals surface area contributed by atoms with Gasteiger partial charge in [0.1, 0.15) is 5.75 Å². The van der Waals surface area contributed by atoms with E-state index in [0.717, 1.165) is 24.5 Å². The molecule has 0 spiro atoms. The van der Waals surface area contributed by atoms with Gasteiger partial charge in [-0.15, -0.1) is 5.10 Å². The van der Waals surface area contributed by atoms with Gasteiger partial charge < -0.3 is 10.1 Å². The number of hydrogen-bond acceptors (Lipinski definition) is 4. The van der Waals surface area contributed by atoms with Crippen LogP contribution >= 0.6 is 0 Å². The van der Waals surface area contributed by atoms with E-state index in [9.17, 15) is 0 Å². The van der Waals surface area contributed by atoms with Crippen LogP contribution in [0.5, 0.6) is 11.6 Å². The summed E-state index contributed by atoms with van der Waals surface area (Å²) in [6.45, 7) is 8.11. The monoisotopic (exact) mass is 271 g/mol. The molecule has 0 radical (unpaired) electrons. The molecule has 1 aromatic carbocycles. The summed E-state index contributed by atoms with van der Waals surface area (Å²) in [5, 5.41) is 11.6. The molecule has 0 amide bonds. The number of nitrogens with zero attached hydrogens (tertiary/aromatic N) is 2. The second-order valence-corrected chi connectivity index (χ2v) is 5.30. The van der Waals surface area contributed by atoms with Crippen LogP contribution in [0, 0.1) is 12.8 Å². The summed E-state index contributed by atoms with van der Waals surface area (Å²) in [6, 6.07) is 11.6. The molecule has 4 heteroatoms. The quantitative estimate of drug-likeness (QED) is 0.875. The lowest BCUT2D eigenvalue weighted by atomic mass is 10.2. The van der Waals surface area contributed by atoms with E-state index in [4.69, 9.17) is 4.74 Å². The van der Waals surface area contributed by atoms with Gasteiger partial charge in [0.15, 0.2) is 0 Å². The van der Waals surface area contributed by atoms with Gasteiger partial charge in [-0.3, -0.25) is 0 Å². The SMILES string of the molecule is Cc1ccc(Oc2ccc(CNCC(C)C)nn2)cc1. The maximum absolute atomic E-state index is 5.64. The molecule has 0 fully saturated rings.